The van der Waals surface area contributed by atoms with Gasteiger partial charge in [-0.05, 0) is 13.3 Å². The summed E-state index contributed by atoms with van der Waals surface area (Å²) in [7, 11) is 1.81. The molecule has 1 rings (SSSR count). The minimum atomic E-state index is 0.231. The van der Waals surface area contributed by atoms with Gasteiger partial charge < -0.3 is 4.90 Å². The minimum absolute atomic E-state index is 0.231. The number of carbonyl (C=O) groups is 1. The number of amides is 1. The molecule has 2 nitrogen and oxygen atoms in total. The van der Waals surface area contributed by atoms with E-state index in [0.29, 0.717) is 6.42 Å². The quantitative estimate of drug-likeness (QED) is 0.475. The number of allylic oxidation sites excluding steroid dienone is 2. The van der Waals surface area contributed by atoms with Crippen LogP contribution in [-0.2, 0) is 4.79 Å². The first-order valence-corrected chi connectivity index (χ1v) is 3.15. The standard InChI is InChI=1S/C7H11NO/c1-6-4-3-5-7(9)8(6)2/h4H,3,5H2,1-2H3. The van der Waals surface area contributed by atoms with Gasteiger partial charge in [-0.25, -0.2) is 0 Å². The molecule has 0 spiro atoms. The topological polar surface area (TPSA) is 20.3 Å². The van der Waals surface area contributed by atoms with Crippen molar-refractivity contribution >= 4 is 5.91 Å². The molecule has 0 saturated heterocycles. The van der Waals surface area contributed by atoms with Crippen LogP contribution in [0.15, 0.2) is 11.8 Å². The van der Waals surface area contributed by atoms with Crippen LogP contribution in [0, 0.1) is 0 Å². The third kappa shape index (κ3) is 1.12. The number of nitrogens with zero attached hydrogens (tertiary/aromatic N) is 1. The smallest absolute Gasteiger partial charge is 0.226 e. The molecule has 0 aromatic heterocycles. The molecule has 0 fully saturated rings. The Kier molecular flexibility index (Phi) is 1.56. The predicted molar refractivity (Wildman–Crippen MR) is 35.8 cm³/mol. The molecule has 50 valence electrons. The fraction of sp³-hybridized carbons (Fsp3) is 0.571. The largest absolute Gasteiger partial charge is 0.320 e. The molecule has 1 heterocycles. The molecule has 0 saturated carbocycles. The third-order valence-electron chi connectivity index (χ3n) is 1.70. The molecule has 1 aliphatic heterocycles. The maximum atomic E-state index is 10.9. The van der Waals surface area contributed by atoms with Crippen molar-refractivity contribution in [2.75, 3.05) is 7.05 Å². The van der Waals surface area contributed by atoms with Gasteiger partial charge in [-0.2, -0.15) is 0 Å². The molecule has 0 atom stereocenters. The first-order valence-electron chi connectivity index (χ1n) is 3.15. The Bertz CT molecular complexity index is 160. The van der Waals surface area contributed by atoms with E-state index in [1.807, 2.05) is 14.0 Å². The molecule has 0 unspecified atom stereocenters. The second kappa shape index (κ2) is 2.21. The Labute approximate surface area is 55.2 Å². The first kappa shape index (κ1) is 6.33. The maximum Gasteiger partial charge on any atom is 0.226 e. The van der Waals surface area contributed by atoms with Crippen LogP contribution in [0.2, 0.25) is 0 Å². The van der Waals surface area contributed by atoms with Crippen LogP contribution in [0.1, 0.15) is 19.8 Å². The highest BCUT2D eigenvalue weighted by atomic mass is 16.2. The molecule has 9 heavy (non-hydrogen) atoms. The van der Waals surface area contributed by atoms with E-state index in [1.54, 1.807) is 4.90 Å². The summed E-state index contributed by atoms with van der Waals surface area (Å²) in [4.78, 5) is 12.6. The van der Waals surface area contributed by atoms with Gasteiger partial charge in [0.15, 0.2) is 0 Å². The number of hydrogen-bond donors (Lipinski definition) is 0. The van der Waals surface area contributed by atoms with Crippen molar-refractivity contribution in [3.8, 4) is 0 Å². The number of carbonyl (C=O) groups excluding carboxylic acids is 1. The van der Waals surface area contributed by atoms with Gasteiger partial charge in [0.05, 0.1) is 0 Å². The molecule has 0 N–H and O–H groups in total. The van der Waals surface area contributed by atoms with Crippen molar-refractivity contribution in [1.82, 2.24) is 4.90 Å². The monoisotopic (exact) mass is 125 g/mol. The van der Waals surface area contributed by atoms with Crippen LogP contribution in [0.3, 0.4) is 0 Å². The molecule has 0 aromatic rings. The van der Waals surface area contributed by atoms with E-state index in [-0.39, 0.29) is 5.91 Å². The van der Waals surface area contributed by atoms with Crippen LogP contribution < -0.4 is 0 Å². The number of hydrogen-bond acceptors (Lipinski definition) is 1. The van der Waals surface area contributed by atoms with Crippen LogP contribution in [0.25, 0.3) is 0 Å². The molecule has 1 amide bonds. The van der Waals surface area contributed by atoms with Gasteiger partial charge in [0.25, 0.3) is 0 Å². The molecular weight excluding hydrogens is 114 g/mol. The van der Waals surface area contributed by atoms with Crippen LogP contribution >= 0.6 is 0 Å². The van der Waals surface area contributed by atoms with Crippen LogP contribution in [-0.4, -0.2) is 17.9 Å². The normalized spacial score (nSPS) is 20.0. The van der Waals surface area contributed by atoms with E-state index in [4.69, 9.17) is 0 Å². The van der Waals surface area contributed by atoms with Gasteiger partial charge in [-0.1, -0.05) is 6.08 Å². The summed E-state index contributed by atoms with van der Waals surface area (Å²) in [6.07, 6.45) is 3.67. The molecule has 0 bridgehead atoms. The van der Waals surface area contributed by atoms with Crippen molar-refractivity contribution in [3.05, 3.63) is 11.8 Å². The summed E-state index contributed by atoms with van der Waals surface area (Å²) in [5.74, 6) is 0.231. The summed E-state index contributed by atoms with van der Waals surface area (Å²) in [5, 5.41) is 0. The van der Waals surface area contributed by atoms with Crippen molar-refractivity contribution < 1.29 is 4.79 Å². The van der Waals surface area contributed by atoms with E-state index in [2.05, 4.69) is 6.08 Å². The van der Waals surface area contributed by atoms with Crippen molar-refractivity contribution in [2.45, 2.75) is 19.8 Å². The minimum Gasteiger partial charge on any atom is -0.320 e. The molecule has 1 aliphatic rings. The van der Waals surface area contributed by atoms with Gasteiger partial charge in [-0.15, -0.1) is 0 Å². The van der Waals surface area contributed by atoms with E-state index in [0.717, 1.165) is 12.1 Å². The second-order valence-corrected chi connectivity index (χ2v) is 2.34. The average Bonchev–Trinajstić information content (AvgIpc) is 1.83. The Balaban J connectivity index is 2.74. The zero-order valence-electron chi connectivity index (χ0n) is 5.85. The Hall–Kier alpha value is -0.790. The SMILES string of the molecule is CC1=CCCC(=O)N1C. The summed E-state index contributed by atoms with van der Waals surface area (Å²) in [5.41, 5.74) is 1.08. The Morgan fingerprint density at radius 2 is 2.33 bits per heavy atom. The lowest BCUT2D eigenvalue weighted by molar-refractivity contribution is -0.128. The fourth-order valence-electron chi connectivity index (χ4n) is 0.906. The lowest BCUT2D eigenvalue weighted by Gasteiger charge is -2.21. The van der Waals surface area contributed by atoms with E-state index < -0.39 is 0 Å². The van der Waals surface area contributed by atoms with Crippen molar-refractivity contribution in [3.63, 3.8) is 0 Å². The van der Waals surface area contributed by atoms with Gasteiger partial charge in [0, 0.05) is 19.2 Å². The van der Waals surface area contributed by atoms with Gasteiger partial charge in [0.2, 0.25) is 5.91 Å². The third-order valence-corrected chi connectivity index (χ3v) is 1.70. The van der Waals surface area contributed by atoms with E-state index in [1.165, 1.54) is 0 Å². The molecular formula is C7H11NO. The summed E-state index contributed by atoms with van der Waals surface area (Å²) >= 11 is 0. The highest BCUT2D eigenvalue weighted by molar-refractivity contribution is 5.78. The van der Waals surface area contributed by atoms with E-state index in [9.17, 15) is 4.79 Å². The van der Waals surface area contributed by atoms with Crippen molar-refractivity contribution in [1.29, 1.82) is 0 Å². The Morgan fingerprint density at radius 1 is 1.67 bits per heavy atom. The van der Waals surface area contributed by atoms with Gasteiger partial charge >= 0.3 is 0 Å². The highest BCUT2D eigenvalue weighted by Gasteiger charge is 2.12. The second-order valence-electron chi connectivity index (χ2n) is 2.34. The predicted octanol–water partition coefficient (Wildman–Crippen LogP) is 1.14. The maximum absolute atomic E-state index is 10.9. The molecule has 2 heteroatoms. The van der Waals surface area contributed by atoms with E-state index >= 15 is 0 Å². The lowest BCUT2D eigenvalue weighted by atomic mass is 10.2. The molecule has 0 radical (unpaired) electrons. The summed E-state index contributed by atoms with van der Waals surface area (Å²) in [6, 6.07) is 0. The van der Waals surface area contributed by atoms with Crippen LogP contribution in [0.4, 0.5) is 0 Å². The highest BCUT2D eigenvalue weighted by Crippen LogP contribution is 2.11. The fourth-order valence-corrected chi connectivity index (χ4v) is 0.906. The first-order chi connectivity index (χ1) is 4.22. The number of rotatable bonds is 0. The molecule has 0 aliphatic carbocycles. The molecule has 0 aromatic carbocycles. The summed E-state index contributed by atoms with van der Waals surface area (Å²) in [6.45, 7) is 1.96. The summed E-state index contributed by atoms with van der Waals surface area (Å²) < 4.78 is 0. The van der Waals surface area contributed by atoms with Crippen molar-refractivity contribution in [2.24, 2.45) is 0 Å². The van der Waals surface area contributed by atoms with Gasteiger partial charge in [0.1, 0.15) is 0 Å². The van der Waals surface area contributed by atoms with Crippen LogP contribution in [0.5, 0.6) is 0 Å². The van der Waals surface area contributed by atoms with Gasteiger partial charge in [-0.3, -0.25) is 4.79 Å². The Morgan fingerprint density at radius 3 is 2.78 bits per heavy atom. The lowest BCUT2D eigenvalue weighted by Crippen LogP contribution is -2.27. The zero-order chi connectivity index (χ0) is 6.85. The zero-order valence-corrected chi connectivity index (χ0v) is 5.85. The average molecular weight is 125 g/mol.